The summed E-state index contributed by atoms with van der Waals surface area (Å²) in [5, 5.41) is 2.08. The van der Waals surface area contributed by atoms with Gasteiger partial charge in [-0.1, -0.05) is 0 Å². The van der Waals surface area contributed by atoms with Crippen molar-refractivity contribution >= 4 is 29.0 Å². The lowest BCUT2D eigenvalue weighted by atomic mass is 10.1. The predicted octanol–water partition coefficient (Wildman–Crippen LogP) is 2.08. The molecule has 0 saturated carbocycles. The maximum atomic E-state index is 11.5. The number of alkyl halides is 1. The van der Waals surface area contributed by atoms with Crippen molar-refractivity contribution in [3.63, 3.8) is 0 Å². The molecular weight excluding hydrogens is 242 g/mol. The van der Waals surface area contributed by atoms with Crippen LogP contribution in [-0.2, 0) is 9.53 Å². The summed E-state index contributed by atoms with van der Waals surface area (Å²) < 4.78 is 4.69. The standard InChI is InChI=1S/C12H14ClNO3/c1-8(13)12(16)9-3-5-10(6-4-9)14-11(15)7-17-2/h3-6,8H,7H2,1-2H3,(H,14,15). The highest BCUT2D eigenvalue weighted by molar-refractivity contribution is 6.33. The number of carbonyl (C=O) groups excluding carboxylic acids is 2. The first-order valence-electron chi connectivity index (χ1n) is 5.11. The molecule has 1 aromatic carbocycles. The number of ether oxygens (including phenoxy) is 1. The number of nitrogens with one attached hydrogen (secondary N) is 1. The van der Waals surface area contributed by atoms with Gasteiger partial charge in [0.2, 0.25) is 5.91 Å². The van der Waals surface area contributed by atoms with Crippen molar-refractivity contribution in [2.24, 2.45) is 0 Å². The molecule has 1 amide bonds. The van der Waals surface area contributed by atoms with Crippen molar-refractivity contribution in [3.8, 4) is 0 Å². The van der Waals surface area contributed by atoms with E-state index in [0.717, 1.165) is 0 Å². The lowest BCUT2D eigenvalue weighted by Crippen LogP contribution is -2.17. The number of ketones is 1. The Bertz CT molecular complexity index is 401. The summed E-state index contributed by atoms with van der Waals surface area (Å²) in [5.74, 6) is -0.376. The number of amides is 1. The number of carbonyl (C=O) groups is 2. The summed E-state index contributed by atoms with van der Waals surface area (Å²) in [5.41, 5.74) is 1.14. The number of anilines is 1. The third-order valence-corrected chi connectivity index (χ3v) is 2.29. The van der Waals surface area contributed by atoms with E-state index >= 15 is 0 Å². The van der Waals surface area contributed by atoms with Gasteiger partial charge >= 0.3 is 0 Å². The van der Waals surface area contributed by atoms with Crippen molar-refractivity contribution in [2.75, 3.05) is 19.0 Å². The van der Waals surface area contributed by atoms with E-state index in [1.165, 1.54) is 7.11 Å². The Kier molecular flexibility index (Phi) is 5.12. The topological polar surface area (TPSA) is 55.4 Å². The van der Waals surface area contributed by atoms with Gasteiger partial charge in [-0.25, -0.2) is 0 Å². The molecule has 0 saturated heterocycles. The van der Waals surface area contributed by atoms with Gasteiger partial charge in [0.05, 0.1) is 5.38 Å². The first-order chi connectivity index (χ1) is 8.04. The van der Waals surface area contributed by atoms with Gasteiger partial charge in [-0.3, -0.25) is 9.59 Å². The van der Waals surface area contributed by atoms with E-state index in [2.05, 4.69) is 10.1 Å². The van der Waals surface area contributed by atoms with Crippen LogP contribution in [0.25, 0.3) is 0 Å². The van der Waals surface area contributed by atoms with Crippen LogP contribution in [-0.4, -0.2) is 30.8 Å². The van der Waals surface area contributed by atoms with Gasteiger partial charge in [-0.15, -0.1) is 11.6 Å². The molecule has 1 unspecified atom stereocenters. The highest BCUT2D eigenvalue weighted by Crippen LogP contribution is 2.13. The van der Waals surface area contributed by atoms with Crippen LogP contribution in [0, 0.1) is 0 Å². The second-order valence-electron chi connectivity index (χ2n) is 3.54. The second kappa shape index (κ2) is 6.37. The number of rotatable bonds is 5. The van der Waals surface area contributed by atoms with E-state index in [-0.39, 0.29) is 18.3 Å². The Morgan fingerprint density at radius 3 is 2.41 bits per heavy atom. The van der Waals surface area contributed by atoms with E-state index < -0.39 is 5.38 Å². The van der Waals surface area contributed by atoms with Gasteiger partial charge in [-0.2, -0.15) is 0 Å². The number of Topliss-reactive ketones (excluding diaryl/α,β-unsaturated/α-hetero) is 1. The molecule has 0 bridgehead atoms. The summed E-state index contributed by atoms with van der Waals surface area (Å²) in [7, 11) is 1.45. The molecule has 1 N–H and O–H groups in total. The average molecular weight is 256 g/mol. The van der Waals surface area contributed by atoms with Gasteiger partial charge in [0.15, 0.2) is 5.78 Å². The molecule has 0 spiro atoms. The smallest absolute Gasteiger partial charge is 0.250 e. The molecule has 0 aliphatic rings. The molecule has 1 rings (SSSR count). The first-order valence-corrected chi connectivity index (χ1v) is 5.55. The molecule has 0 heterocycles. The van der Waals surface area contributed by atoms with Crippen LogP contribution in [0.15, 0.2) is 24.3 Å². The molecule has 0 radical (unpaired) electrons. The Hall–Kier alpha value is -1.39. The molecule has 5 heteroatoms. The third-order valence-electron chi connectivity index (χ3n) is 2.09. The van der Waals surface area contributed by atoms with E-state index in [4.69, 9.17) is 11.6 Å². The number of hydrogen-bond donors (Lipinski definition) is 1. The molecule has 4 nitrogen and oxygen atoms in total. The number of benzene rings is 1. The van der Waals surface area contributed by atoms with E-state index in [9.17, 15) is 9.59 Å². The molecule has 1 aromatic rings. The largest absolute Gasteiger partial charge is 0.375 e. The van der Waals surface area contributed by atoms with E-state index in [0.29, 0.717) is 11.3 Å². The van der Waals surface area contributed by atoms with Crippen LogP contribution in [0.2, 0.25) is 0 Å². The summed E-state index contributed by atoms with van der Waals surface area (Å²) >= 11 is 5.69. The van der Waals surface area contributed by atoms with E-state index in [1.54, 1.807) is 31.2 Å². The zero-order valence-corrected chi connectivity index (χ0v) is 10.5. The molecule has 0 aromatic heterocycles. The Morgan fingerprint density at radius 1 is 1.35 bits per heavy atom. The Morgan fingerprint density at radius 2 is 1.94 bits per heavy atom. The maximum Gasteiger partial charge on any atom is 0.250 e. The number of halogens is 1. The zero-order chi connectivity index (χ0) is 12.8. The summed E-state index contributed by atoms with van der Waals surface area (Å²) in [6.07, 6.45) is 0. The molecule has 92 valence electrons. The number of hydrogen-bond acceptors (Lipinski definition) is 3. The monoisotopic (exact) mass is 255 g/mol. The average Bonchev–Trinajstić information content (AvgIpc) is 2.29. The minimum absolute atomic E-state index is 0.000599. The highest BCUT2D eigenvalue weighted by atomic mass is 35.5. The molecule has 0 aliphatic carbocycles. The van der Waals surface area contributed by atoms with Gasteiger partial charge in [-0.05, 0) is 31.2 Å². The SMILES string of the molecule is COCC(=O)Nc1ccc(C(=O)C(C)Cl)cc1. The van der Waals surface area contributed by atoms with E-state index in [1.807, 2.05) is 0 Å². The van der Waals surface area contributed by atoms with Crippen molar-refractivity contribution < 1.29 is 14.3 Å². The first kappa shape index (κ1) is 13.7. The Labute approximate surface area is 105 Å². The summed E-state index contributed by atoms with van der Waals surface area (Å²) in [6, 6.07) is 6.56. The third kappa shape index (κ3) is 4.17. The minimum atomic E-state index is -0.552. The fourth-order valence-electron chi connectivity index (χ4n) is 1.28. The summed E-state index contributed by atoms with van der Waals surface area (Å²) in [6.45, 7) is 1.62. The predicted molar refractivity (Wildman–Crippen MR) is 66.6 cm³/mol. The fraction of sp³-hybridized carbons (Fsp3) is 0.333. The van der Waals surface area contributed by atoms with Crippen LogP contribution < -0.4 is 5.32 Å². The van der Waals surface area contributed by atoms with Crippen LogP contribution in [0.5, 0.6) is 0 Å². The molecule has 17 heavy (non-hydrogen) atoms. The lowest BCUT2D eigenvalue weighted by molar-refractivity contribution is -0.119. The lowest BCUT2D eigenvalue weighted by Gasteiger charge is -2.06. The van der Waals surface area contributed by atoms with Gasteiger partial charge in [0.25, 0.3) is 0 Å². The Balaban J connectivity index is 2.68. The van der Waals surface area contributed by atoms with Crippen molar-refractivity contribution in [1.82, 2.24) is 0 Å². The molecule has 0 aliphatic heterocycles. The summed E-state index contributed by atoms with van der Waals surface area (Å²) in [4.78, 5) is 22.8. The van der Waals surface area contributed by atoms with Crippen LogP contribution in [0.4, 0.5) is 5.69 Å². The quantitative estimate of drug-likeness (QED) is 0.647. The van der Waals surface area contributed by atoms with Crippen LogP contribution in [0.1, 0.15) is 17.3 Å². The number of methoxy groups -OCH3 is 1. The molecule has 1 atom stereocenters. The minimum Gasteiger partial charge on any atom is -0.375 e. The van der Waals surface area contributed by atoms with Crippen molar-refractivity contribution in [3.05, 3.63) is 29.8 Å². The normalized spacial score (nSPS) is 11.9. The van der Waals surface area contributed by atoms with Crippen LogP contribution in [0.3, 0.4) is 0 Å². The zero-order valence-electron chi connectivity index (χ0n) is 9.70. The van der Waals surface area contributed by atoms with Gasteiger partial charge in [0.1, 0.15) is 6.61 Å². The highest BCUT2D eigenvalue weighted by Gasteiger charge is 2.11. The van der Waals surface area contributed by atoms with Gasteiger partial charge < -0.3 is 10.1 Å². The molecular formula is C12H14ClNO3. The van der Waals surface area contributed by atoms with Crippen LogP contribution >= 0.6 is 11.6 Å². The maximum absolute atomic E-state index is 11.5. The molecule has 0 fully saturated rings. The second-order valence-corrected chi connectivity index (χ2v) is 4.19. The van der Waals surface area contributed by atoms with Gasteiger partial charge in [0, 0.05) is 18.4 Å². The fourth-order valence-corrected chi connectivity index (χ4v) is 1.40. The van der Waals surface area contributed by atoms with Crippen molar-refractivity contribution in [1.29, 1.82) is 0 Å². The van der Waals surface area contributed by atoms with Crippen molar-refractivity contribution in [2.45, 2.75) is 12.3 Å².